The van der Waals surface area contributed by atoms with Crippen LogP contribution in [0.1, 0.15) is 11.1 Å². The van der Waals surface area contributed by atoms with E-state index in [1.165, 1.54) is 0 Å². The van der Waals surface area contributed by atoms with Gasteiger partial charge in [0, 0.05) is 43.3 Å². The summed E-state index contributed by atoms with van der Waals surface area (Å²) < 4.78 is 11.5. The zero-order valence-corrected chi connectivity index (χ0v) is 16.3. The lowest BCUT2D eigenvalue weighted by atomic mass is 10.1. The van der Waals surface area contributed by atoms with E-state index in [0.29, 0.717) is 18.7 Å². The van der Waals surface area contributed by atoms with Crippen molar-refractivity contribution < 1.29 is 9.47 Å². The number of anilines is 1. The molecule has 1 saturated heterocycles. The molecule has 0 bridgehead atoms. The molecule has 2 heterocycles. The second-order valence-corrected chi connectivity index (χ2v) is 6.94. The fourth-order valence-electron chi connectivity index (χ4n) is 3.50. The van der Waals surface area contributed by atoms with Gasteiger partial charge >= 0.3 is 0 Å². The standard InChI is InChI=1S/C23H24N4O2/c24-15-19-17-25-21-7-3-2-6-20(21)23(19)26-16-18-5-1-4-8-22(18)29-14-11-27-9-12-28-13-10-27/h1-8,17H,9-14,16H2,(H,25,26). The fraction of sp³-hybridized carbons (Fsp3) is 0.304. The van der Waals surface area contributed by atoms with Gasteiger partial charge in [-0.3, -0.25) is 9.88 Å². The maximum atomic E-state index is 9.50. The molecule has 1 aromatic heterocycles. The molecule has 4 rings (SSSR count). The molecule has 0 radical (unpaired) electrons. The summed E-state index contributed by atoms with van der Waals surface area (Å²) in [6, 6.07) is 18.1. The highest BCUT2D eigenvalue weighted by molar-refractivity contribution is 5.93. The van der Waals surface area contributed by atoms with Crippen molar-refractivity contribution in [1.29, 1.82) is 5.26 Å². The number of nitrogens with one attached hydrogen (secondary N) is 1. The molecule has 1 fully saturated rings. The smallest absolute Gasteiger partial charge is 0.124 e. The quantitative estimate of drug-likeness (QED) is 0.669. The SMILES string of the molecule is N#Cc1cnc2ccccc2c1NCc1ccccc1OCCN1CCOCC1. The zero-order valence-electron chi connectivity index (χ0n) is 16.3. The number of para-hydroxylation sites is 2. The number of nitrogens with zero attached hydrogens (tertiary/aromatic N) is 3. The first-order valence-corrected chi connectivity index (χ1v) is 9.87. The Bertz CT molecular complexity index is 1010. The van der Waals surface area contributed by atoms with Crippen molar-refractivity contribution in [3.8, 4) is 11.8 Å². The van der Waals surface area contributed by atoms with E-state index in [-0.39, 0.29) is 0 Å². The maximum Gasteiger partial charge on any atom is 0.124 e. The van der Waals surface area contributed by atoms with E-state index in [1.807, 2.05) is 48.5 Å². The van der Waals surface area contributed by atoms with Crippen molar-refractivity contribution in [3.63, 3.8) is 0 Å². The zero-order chi connectivity index (χ0) is 19.9. The minimum Gasteiger partial charge on any atom is -0.492 e. The molecule has 0 spiro atoms. The number of benzene rings is 2. The minimum absolute atomic E-state index is 0.536. The predicted molar refractivity (Wildman–Crippen MR) is 113 cm³/mol. The average Bonchev–Trinajstić information content (AvgIpc) is 2.79. The monoisotopic (exact) mass is 388 g/mol. The summed E-state index contributed by atoms with van der Waals surface area (Å²) in [6.45, 7) is 5.59. The Kier molecular flexibility index (Phi) is 6.20. The number of morpholine rings is 1. The largest absolute Gasteiger partial charge is 0.492 e. The summed E-state index contributed by atoms with van der Waals surface area (Å²) in [5.41, 5.74) is 3.26. The molecule has 0 amide bonds. The van der Waals surface area contributed by atoms with Crippen LogP contribution in [-0.4, -0.2) is 49.3 Å². The van der Waals surface area contributed by atoms with Crippen LogP contribution in [0, 0.1) is 11.3 Å². The summed E-state index contributed by atoms with van der Waals surface area (Å²) in [7, 11) is 0. The van der Waals surface area contributed by atoms with E-state index < -0.39 is 0 Å². The summed E-state index contributed by atoms with van der Waals surface area (Å²) in [6.07, 6.45) is 1.62. The first kappa shape index (κ1) is 19.2. The molecule has 3 aromatic rings. The summed E-state index contributed by atoms with van der Waals surface area (Å²) in [5, 5.41) is 13.9. The van der Waals surface area contributed by atoms with Gasteiger partial charge in [-0.1, -0.05) is 36.4 Å². The van der Waals surface area contributed by atoms with Gasteiger partial charge in [-0.2, -0.15) is 5.26 Å². The minimum atomic E-state index is 0.536. The molecule has 0 atom stereocenters. The highest BCUT2D eigenvalue weighted by Crippen LogP contribution is 2.27. The highest BCUT2D eigenvalue weighted by atomic mass is 16.5. The topological polar surface area (TPSA) is 70.4 Å². The third-order valence-electron chi connectivity index (χ3n) is 5.09. The van der Waals surface area contributed by atoms with Crippen LogP contribution in [0.2, 0.25) is 0 Å². The Balaban J connectivity index is 1.45. The van der Waals surface area contributed by atoms with Gasteiger partial charge in [0.1, 0.15) is 18.4 Å². The average molecular weight is 388 g/mol. The van der Waals surface area contributed by atoms with Crippen LogP contribution < -0.4 is 10.1 Å². The molecule has 2 aromatic carbocycles. The van der Waals surface area contributed by atoms with Gasteiger partial charge in [-0.25, -0.2) is 0 Å². The first-order chi connectivity index (χ1) is 14.3. The molecule has 148 valence electrons. The van der Waals surface area contributed by atoms with Crippen LogP contribution in [0.4, 0.5) is 5.69 Å². The molecular formula is C23H24N4O2. The number of hydrogen-bond acceptors (Lipinski definition) is 6. The lowest BCUT2D eigenvalue weighted by Crippen LogP contribution is -2.38. The van der Waals surface area contributed by atoms with Gasteiger partial charge in [-0.15, -0.1) is 0 Å². The number of aromatic nitrogens is 1. The molecule has 0 unspecified atom stereocenters. The van der Waals surface area contributed by atoms with Crippen LogP contribution >= 0.6 is 0 Å². The molecule has 6 heteroatoms. The van der Waals surface area contributed by atoms with Gasteiger partial charge in [0.2, 0.25) is 0 Å². The highest BCUT2D eigenvalue weighted by Gasteiger charge is 2.12. The van der Waals surface area contributed by atoms with Crippen molar-refractivity contribution in [2.45, 2.75) is 6.54 Å². The van der Waals surface area contributed by atoms with Crippen molar-refractivity contribution in [1.82, 2.24) is 9.88 Å². The predicted octanol–water partition coefficient (Wildman–Crippen LogP) is 3.43. The molecule has 29 heavy (non-hydrogen) atoms. The molecule has 6 nitrogen and oxygen atoms in total. The number of pyridine rings is 1. The maximum absolute atomic E-state index is 9.50. The number of nitriles is 1. The molecule has 1 aliphatic rings. The van der Waals surface area contributed by atoms with Crippen LogP contribution in [0.25, 0.3) is 10.9 Å². The molecule has 0 aliphatic carbocycles. The van der Waals surface area contributed by atoms with Crippen LogP contribution in [0.3, 0.4) is 0 Å². The lowest BCUT2D eigenvalue weighted by Gasteiger charge is -2.26. The first-order valence-electron chi connectivity index (χ1n) is 9.87. The number of rotatable bonds is 7. The molecule has 1 N–H and O–H groups in total. The number of fused-ring (bicyclic) bond motifs is 1. The molecular weight excluding hydrogens is 364 g/mol. The summed E-state index contributed by atoms with van der Waals surface area (Å²) >= 11 is 0. The van der Waals surface area contributed by atoms with E-state index in [9.17, 15) is 5.26 Å². The Morgan fingerprint density at radius 3 is 2.76 bits per heavy atom. The Hall–Kier alpha value is -3.14. The third-order valence-corrected chi connectivity index (χ3v) is 5.09. The van der Waals surface area contributed by atoms with E-state index >= 15 is 0 Å². The Morgan fingerprint density at radius 1 is 1.10 bits per heavy atom. The normalized spacial score (nSPS) is 14.4. The summed E-state index contributed by atoms with van der Waals surface area (Å²) in [5.74, 6) is 0.866. The lowest BCUT2D eigenvalue weighted by molar-refractivity contribution is 0.0322. The number of hydrogen-bond donors (Lipinski definition) is 1. The van der Waals surface area contributed by atoms with Crippen LogP contribution in [0.5, 0.6) is 5.75 Å². The van der Waals surface area contributed by atoms with E-state index in [2.05, 4.69) is 21.3 Å². The van der Waals surface area contributed by atoms with Crippen molar-refractivity contribution in [2.75, 3.05) is 44.8 Å². The van der Waals surface area contributed by atoms with Crippen LogP contribution in [-0.2, 0) is 11.3 Å². The Labute approximate surface area is 170 Å². The third kappa shape index (κ3) is 4.65. The van der Waals surface area contributed by atoms with Gasteiger partial charge < -0.3 is 14.8 Å². The van der Waals surface area contributed by atoms with E-state index in [4.69, 9.17) is 9.47 Å². The van der Waals surface area contributed by atoms with Crippen LogP contribution in [0.15, 0.2) is 54.7 Å². The molecule has 1 aliphatic heterocycles. The van der Waals surface area contributed by atoms with E-state index in [1.54, 1.807) is 6.20 Å². The van der Waals surface area contributed by atoms with Gasteiger partial charge in [-0.05, 0) is 12.1 Å². The second kappa shape index (κ2) is 9.37. The van der Waals surface area contributed by atoms with Gasteiger partial charge in [0.05, 0.1) is 30.0 Å². The molecule has 0 saturated carbocycles. The fourth-order valence-corrected chi connectivity index (χ4v) is 3.50. The van der Waals surface area contributed by atoms with E-state index in [0.717, 1.165) is 60.8 Å². The van der Waals surface area contributed by atoms with Gasteiger partial charge in [0.15, 0.2) is 0 Å². The second-order valence-electron chi connectivity index (χ2n) is 6.94. The number of ether oxygens (including phenoxy) is 2. The Morgan fingerprint density at radius 2 is 1.90 bits per heavy atom. The van der Waals surface area contributed by atoms with Crippen molar-refractivity contribution in [2.24, 2.45) is 0 Å². The van der Waals surface area contributed by atoms with Gasteiger partial charge in [0.25, 0.3) is 0 Å². The van der Waals surface area contributed by atoms with Crippen molar-refractivity contribution >= 4 is 16.6 Å². The van der Waals surface area contributed by atoms with Crippen molar-refractivity contribution in [3.05, 3.63) is 65.9 Å². The summed E-state index contributed by atoms with van der Waals surface area (Å²) in [4.78, 5) is 6.72.